The van der Waals surface area contributed by atoms with Crippen LogP contribution in [-0.4, -0.2) is 25.0 Å². The zero-order valence-electron chi connectivity index (χ0n) is 13.8. The molecule has 0 saturated carbocycles. The number of fused-ring (bicyclic) bond motifs is 1. The first kappa shape index (κ1) is 17.1. The van der Waals surface area contributed by atoms with E-state index in [1.165, 1.54) is 6.07 Å². The summed E-state index contributed by atoms with van der Waals surface area (Å²) in [5.74, 6) is 0.516. The third-order valence-corrected chi connectivity index (χ3v) is 3.98. The van der Waals surface area contributed by atoms with Crippen LogP contribution in [0.3, 0.4) is 0 Å². The molecule has 1 heterocycles. The zero-order valence-corrected chi connectivity index (χ0v) is 14.6. The minimum atomic E-state index is -0.346. The van der Waals surface area contributed by atoms with Crippen LogP contribution in [0, 0.1) is 13.8 Å². The van der Waals surface area contributed by atoms with Crippen molar-refractivity contribution in [1.29, 1.82) is 0 Å². The van der Waals surface area contributed by atoms with Gasteiger partial charge in [0.05, 0.1) is 16.4 Å². The normalized spacial score (nSPS) is 12.7. The molecular weight excluding hydrogens is 344 g/mol. The Morgan fingerprint density at radius 3 is 2.88 bits per heavy atom. The Balaban J connectivity index is 1.66. The Bertz CT molecular complexity index is 851. The quantitative estimate of drug-likeness (QED) is 0.877. The number of hydrogen-bond donors (Lipinski definition) is 2. The van der Waals surface area contributed by atoms with Crippen LogP contribution in [0.1, 0.15) is 11.1 Å². The molecule has 6 nitrogen and oxygen atoms in total. The van der Waals surface area contributed by atoms with E-state index in [0.717, 1.165) is 11.1 Å². The molecule has 0 bridgehead atoms. The molecule has 0 aromatic heterocycles. The Hall–Kier alpha value is -2.73. The number of rotatable bonds is 4. The molecule has 7 heteroatoms. The lowest BCUT2D eigenvalue weighted by Gasteiger charge is -2.19. The molecule has 1 aliphatic rings. The SMILES string of the molecule is Cc1ccc(OCC(=O)Nc2cc3c(cc2Cl)NC(=O)CO3)c(C)c1. The van der Waals surface area contributed by atoms with Crippen LogP contribution < -0.4 is 20.1 Å². The fourth-order valence-electron chi connectivity index (χ4n) is 2.49. The summed E-state index contributed by atoms with van der Waals surface area (Å²) in [6, 6.07) is 8.85. The topological polar surface area (TPSA) is 76.7 Å². The van der Waals surface area contributed by atoms with E-state index in [1.807, 2.05) is 32.0 Å². The van der Waals surface area contributed by atoms with Gasteiger partial charge < -0.3 is 20.1 Å². The van der Waals surface area contributed by atoms with Gasteiger partial charge in [-0.15, -0.1) is 0 Å². The summed E-state index contributed by atoms with van der Waals surface area (Å²) in [4.78, 5) is 23.4. The standard InChI is InChI=1S/C18H17ClN2O4/c1-10-3-4-15(11(2)5-10)24-8-17(22)20-13-7-16-14(6-12(13)19)21-18(23)9-25-16/h3-7H,8-9H2,1-2H3,(H,20,22)(H,21,23). The summed E-state index contributed by atoms with van der Waals surface area (Å²) in [6.07, 6.45) is 0. The molecule has 0 aliphatic carbocycles. The van der Waals surface area contributed by atoms with Gasteiger partial charge in [-0.2, -0.15) is 0 Å². The van der Waals surface area contributed by atoms with Crippen LogP contribution >= 0.6 is 11.6 Å². The molecule has 1 aliphatic heterocycles. The van der Waals surface area contributed by atoms with E-state index in [9.17, 15) is 9.59 Å². The van der Waals surface area contributed by atoms with Gasteiger partial charge in [-0.25, -0.2) is 0 Å². The van der Waals surface area contributed by atoms with Crippen molar-refractivity contribution in [2.45, 2.75) is 13.8 Å². The predicted octanol–water partition coefficient (Wildman–Crippen LogP) is 3.31. The predicted molar refractivity (Wildman–Crippen MR) is 95.6 cm³/mol. The minimum Gasteiger partial charge on any atom is -0.483 e. The van der Waals surface area contributed by atoms with Crippen LogP contribution in [0.2, 0.25) is 5.02 Å². The highest BCUT2D eigenvalue weighted by molar-refractivity contribution is 6.34. The molecule has 130 valence electrons. The first-order valence-electron chi connectivity index (χ1n) is 7.68. The number of aryl methyl sites for hydroxylation is 2. The Kier molecular flexibility index (Phi) is 4.81. The molecule has 0 spiro atoms. The van der Waals surface area contributed by atoms with Crippen LogP contribution in [0.4, 0.5) is 11.4 Å². The number of benzene rings is 2. The smallest absolute Gasteiger partial charge is 0.262 e. The second-order valence-electron chi connectivity index (χ2n) is 5.77. The molecule has 0 radical (unpaired) electrons. The van der Waals surface area contributed by atoms with Gasteiger partial charge in [0.25, 0.3) is 11.8 Å². The molecule has 2 aromatic rings. The number of carbonyl (C=O) groups is 2. The Morgan fingerprint density at radius 1 is 1.32 bits per heavy atom. The summed E-state index contributed by atoms with van der Waals surface area (Å²) >= 11 is 6.15. The summed E-state index contributed by atoms with van der Waals surface area (Å²) in [7, 11) is 0. The van der Waals surface area contributed by atoms with Crippen molar-refractivity contribution in [3.05, 3.63) is 46.5 Å². The number of amides is 2. The second kappa shape index (κ2) is 7.03. The lowest BCUT2D eigenvalue weighted by Crippen LogP contribution is -2.26. The van der Waals surface area contributed by atoms with Crippen molar-refractivity contribution < 1.29 is 19.1 Å². The van der Waals surface area contributed by atoms with Crippen LogP contribution in [-0.2, 0) is 9.59 Å². The van der Waals surface area contributed by atoms with E-state index in [-0.39, 0.29) is 25.0 Å². The molecule has 0 saturated heterocycles. The third-order valence-electron chi connectivity index (χ3n) is 3.67. The van der Waals surface area contributed by atoms with Gasteiger partial charge in [0.2, 0.25) is 0 Å². The molecule has 2 N–H and O–H groups in total. The summed E-state index contributed by atoms with van der Waals surface area (Å²) < 4.78 is 10.9. The number of anilines is 2. The third kappa shape index (κ3) is 4.03. The zero-order chi connectivity index (χ0) is 18.0. The minimum absolute atomic E-state index is 0.0716. The first-order valence-corrected chi connectivity index (χ1v) is 8.06. The van der Waals surface area contributed by atoms with Gasteiger partial charge >= 0.3 is 0 Å². The highest BCUT2D eigenvalue weighted by Gasteiger charge is 2.19. The fourth-order valence-corrected chi connectivity index (χ4v) is 2.70. The van der Waals surface area contributed by atoms with E-state index >= 15 is 0 Å². The van der Waals surface area contributed by atoms with E-state index in [1.54, 1.807) is 6.07 Å². The van der Waals surface area contributed by atoms with E-state index in [2.05, 4.69) is 10.6 Å². The average molecular weight is 361 g/mol. The van der Waals surface area contributed by atoms with Gasteiger partial charge in [-0.1, -0.05) is 29.3 Å². The highest BCUT2D eigenvalue weighted by Crippen LogP contribution is 2.36. The van der Waals surface area contributed by atoms with Crippen LogP contribution in [0.15, 0.2) is 30.3 Å². The van der Waals surface area contributed by atoms with Gasteiger partial charge in [0.15, 0.2) is 13.2 Å². The summed E-state index contributed by atoms with van der Waals surface area (Å²) in [5.41, 5.74) is 2.96. The fraction of sp³-hybridized carbons (Fsp3) is 0.222. The van der Waals surface area contributed by atoms with Gasteiger partial charge in [-0.3, -0.25) is 9.59 Å². The van der Waals surface area contributed by atoms with E-state index in [0.29, 0.717) is 27.9 Å². The number of hydrogen-bond acceptors (Lipinski definition) is 4. The largest absolute Gasteiger partial charge is 0.483 e. The van der Waals surface area contributed by atoms with Crippen molar-refractivity contribution in [1.82, 2.24) is 0 Å². The van der Waals surface area contributed by atoms with Crippen LogP contribution in [0.5, 0.6) is 11.5 Å². The molecule has 0 atom stereocenters. The summed E-state index contributed by atoms with van der Waals surface area (Å²) in [5, 5.41) is 5.63. The van der Waals surface area contributed by atoms with Gasteiger partial charge in [0.1, 0.15) is 11.5 Å². The molecule has 3 rings (SSSR count). The maximum absolute atomic E-state index is 12.1. The molecule has 2 amide bonds. The van der Waals surface area contributed by atoms with Crippen LogP contribution in [0.25, 0.3) is 0 Å². The van der Waals surface area contributed by atoms with E-state index < -0.39 is 0 Å². The van der Waals surface area contributed by atoms with Gasteiger partial charge in [-0.05, 0) is 31.5 Å². The average Bonchev–Trinajstić information content (AvgIpc) is 2.55. The Morgan fingerprint density at radius 2 is 2.12 bits per heavy atom. The molecule has 2 aromatic carbocycles. The van der Waals surface area contributed by atoms with Gasteiger partial charge in [0, 0.05) is 6.07 Å². The monoisotopic (exact) mass is 360 g/mol. The maximum Gasteiger partial charge on any atom is 0.262 e. The summed E-state index contributed by atoms with van der Waals surface area (Å²) in [6.45, 7) is 3.70. The lowest BCUT2D eigenvalue weighted by atomic mass is 10.1. The van der Waals surface area contributed by atoms with E-state index in [4.69, 9.17) is 21.1 Å². The molecule has 0 unspecified atom stereocenters. The van der Waals surface area contributed by atoms with Crippen molar-refractivity contribution in [3.63, 3.8) is 0 Å². The van der Waals surface area contributed by atoms with Crippen molar-refractivity contribution in [2.75, 3.05) is 23.8 Å². The Labute approximate surface area is 150 Å². The molecular formula is C18H17ClN2O4. The molecule has 25 heavy (non-hydrogen) atoms. The maximum atomic E-state index is 12.1. The molecule has 0 fully saturated rings. The second-order valence-corrected chi connectivity index (χ2v) is 6.18. The van der Waals surface area contributed by atoms with Crippen molar-refractivity contribution >= 4 is 34.8 Å². The lowest BCUT2D eigenvalue weighted by molar-refractivity contribution is -0.119. The number of nitrogens with one attached hydrogen (secondary N) is 2. The highest BCUT2D eigenvalue weighted by atomic mass is 35.5. The van der Waals surface area contributed by atoms with Crippen molar-refractivity contribution in [2.24, 2.45) is 0 Å². The van der Waals surface area contributed by atoms with Crippen molar-refractivity contribution in [3.8, 4) is 11.5 Å². The number of halogens is 1. The first-order chi connectivity index (χ1) is 11.9. The number of ether oxygens (including phenoxy) is 2. The number of carbonyl (C=O) groups excluding carboxylic acids is 2.